The van der Waals surface area contributed by atoms with E-state index in [1.165, 1.54) is 5.56 Å². The van der Waals surface area contributed by atoms with Gasteiger partial charge in [-0.05, 0) is 19.0 Å². The first-order valence-corrected chi connectivity index (χ1v) is 11.0. The molecule has 2 N–H and O–H groups in total. The Hall–Kier alpha value is -2.97. The fourth-order valence-corrected chi connectivity index (χ4v) is 4.49. The van der Waals surface area contributed by atoms with E-state index in [0.717, 1.165) is 87.1 Å². The highest BCUT2D eigenvalue weighted by molar-refractivity contribution is 5.62. The van der Waals surface area contributed by atoms with Crippen molar-refractivity contribution in [3.8, 4) is 11.3 Å². The number of rotatable bonds is 4. The number of aromatic nitrogens is 4. The van der Waals surface area contributed by atoms with Gasteiger partial charge in [-0.3, -0.25) is 19.8 Å². The summed E-state index contributed by atoms with van der Waals surface area (Å²) in [5.74, 6) is 0.728. The number of H-pyrrole nitrogens is 2. The number of nitrogens with one attached hydrogen (secondary N) is 2. The van der Waals surface area contributed by atoms with Gasteiger partial charge in [0.2, 0.25) is 5.95 Å². The van der Waals surface area contributed by atoms with Gasteiger partial charge in [0.15, 0.2) is 0 Å². The van der Waals surface area contributed by atoms with Gasteiger partial charge in [-0.25, -0.2) is 4.98 Å². The van der Waals surface area contributed by atoms with Gasteiger partial charge in [-0.15, -0.1) is 0 Å². The molecule has 8 nitrogen and oxygen atoms in total. The third-order valence-corrected chi connectivity index (χ3v) is 6.41. The lowest BCUT2D eigenvalue weighted by Gasteiger charge is -2.32. The van der Waals surface area contributed by atoms with Crippen LogP contribution in [0.3, 0.4) is 0 Å². The van der Waals surface area contributed by atoms with Gasteiger partial charge in [-0.1, -0.05) is 30.3 Å². The number of hydrogen-bond donors (Lipinski definition) is 2. The molecule has 31 heavy (non-hydrogen) atoms. The highest BCUT2D eigenvalue weighted by atomic mass is 16.1. The topological polar surface area (TPSA) is 84.2 Å². The van der Waals surface area contributed by atoms with Crippen LogP contribution in [-0.2, 0) is 19.4 Å². The standard InChI is InChI=1S/C23H29N7O/c1-28-11-13-30(14-12-28)23-25-20-8-10-29(9-7-19(20)22(31)26-23)16-18-15-24-27-21(18)17-5-3-2-4-6-17/h2-6,15H,7-14,16H2,1H3,(H,24,27)(H,25,26,31). The van der Waals surface area contributed by atoms with Crippen molar-refractivity contribution >= 4 is 5.95 Å². The zero-order valence-electron chi connectivity index (χ0n) is 18.0. The number of piperazine rings is 1. The zero-order chi connectivity index (χ0) is 21.2. The van der Waals surface area contributed by atoms with E-state index in [9.17, 15) is 4.79 Å². The first-order chi connectivity index (χ1) is 15.2. The van der Waals surface area contributed by atoms with Crippen LogP contribution in [0.5, 0.6) is 0 Å². The minimum Gasteiger partial charge on any atom is -0.340 e. The van der Waals surface area contributed by atoms with Gasteiger partial charge >= 0.3 is 0 Å². The minimum absolute atomic E-state index is 0.0223. The van der Waals surface area contributed by atoms with Crippen molar-refractivity contribution in [1.29, 1.82) is 0 Å². The van der Waals surface area contributed by atoms with E-state index in [2.05, 4.69) is 49.1 Å². The summed E-state index contributed by atoms with van der Waals surface area (Å²) < 4.78 is 0. The highest BCUT2D eigenvalue weighted by Gasteiger charge is 2.23. The highest BCUT2D eigenvalue weighted by Crippen LogP contribution is 2.23. The number of nitrogens with zero attached hydrogens (tertiary/aromatic N) is 5. The van der Waals surface area contributed by atoms with Gasteiger partial charge in [0.25, 0.3) is 5.56 Å². The van der Waals surface area contributed by atoms with Crippen molar-refractivity contribution in [3.05, 3.63) is 63.7 Å². The molecule has 2 aromatic heterocycles. The summed E-state index contributed by atoms with van der Waals surface area (Å²) in [6.45, 7) is 6.29. The number of likely N-dealkylation sites (N-methyl/N-ethyl adjacent to an activating group) is 1. The molecule has 0 saturated carbocycles. The molecule has 162 valence electrons. The van der Waals surface area contributed by atoms with Crippen LogP contribution in [0, 0.1) is 0 Å². The lowest BCUT2D eigenvalue weighted by atomic mass is 10.1. The summed E-state index contributed by atoms with van der Waals surface area (Å²) in [6.07, 6.45) is 3.43. The molecule has 0 radical (unpaired) electrons. The maximum absolute atomic E-state index is 12.8. The van der Waals surface area contributed by atoms with Gasteiger partial charge in [0.05, 0.1) is 17.6 Å². The molecule has 2 aliphatic rings. The van der Waals surface area contributed by atoms with E-state index in [4.69, 9.17) is 4.98 Å². The molecule has 1 fully saturated rings. The summed E-state index contributed by atoms with van der Waals surface area (Å²) >= 11 is 0. The van der Waals surface area contributed by atoms with E-state index >= 15 is 0 Å². The lowest BCUT2D eigenvalue weighted by Crippen LogP contribution is -2.45. The Morgan fingerprint density at radius 1 is 1.00 bits per heavy atom. The van der Waals surface area contributed by atoms with E-state index in [1.807, 2.05) is 24.4 Å². The van der Waals surface area contributed by atoms with E-state index in [0.29, 0.717) is 0 Å². The maximum Gasteiger partial charge on any atom is 0.255 e. The summed E-state index contributed by atoms with van der Waals surface area (Å²) in [4.78, 5) is 27.7. The van der Waals surface area contributed by atoms with Crippen LogP contribution in [0.2, 0.25) is 0 Å². The van der Waals surface area contributed by atoms with Crippen LogP contribution in [0.15, 0.2) is 41.3 Å². The van der Waals surface area contributed by atoms with Crippen molar-refractivity contribution in [2.45, 2.75) is 19.4 Å². The fraction of sp³-hybridized carbons (Fsp3) is 0.435. The Bertz CT molecular complexity index is 1080. The first kappa shape index (κ1) is 20.0. The predicted octanol–water partition coefficient (Wildman–Crippen LogP) is 1.51. The predicted molar refractivity (Wildman–Crippen MR) is 121 cm³/mol. The molecule has 0 bridgehead atoms. The lowest BCUT2D eigenvalue weighted by molar-refractivity contribution is 0.279. The summed E-state index contributed by atoms with van der Waals surface area (Å²) in [7, 11) is 2.13. The molecule has 2 aliphatic heterocycles. The van der Waals surface area contributed by atoms with E-state index in [1.54, 1.807) is 0 Å². The molecule has 3 aromatic rings. The second-order valence-electron chi connectivity index (χ2n) is 8.52. The maximum atomic E-state index is 12.8. The fourth-order valence-electron chi connectivity index (χ4n) is 4.49. The minimum atomic E-state index is 0.0223. The zero-order valence-corrected chi connectivity index (χ0v) is 18.0. The van der Waals surface area contributed by atoms with Crippen LogP contribution in [0.1, 0.15) is 16.8 Å². The molecule has 8 heteroatoms. The van der Waals surface area contributed by atoms with Crippen LogP contribution in [-0.4, -0.2) is 76.3 Å². The normalized spacial score (nSPS) is 18.0. The smallest absolute Gasteiger partial charge is 0.255 e. The second kappa shape index (κ2) is 8.64. The molecular weight excluding hydrogens is 390 g/mol. The van der Waals surface area contributed by atoms with Crippen molar-refractivity contribution < 1.29 is 0 Å². The second-order valence-corrected chi connectivity index (χ2v) is 8.52. The van der Waals surface area contributed by atoms with Crippen LogP contribution in [0.25, 0.3) is 11.3 Å². The van der Waals surface area contributed by atoms with Crippen molar-refractivity contribution in [2.75, 3.05) is 51.2 Å². The molecule has 5 rings (SSSR count). The SMILES string of the molecule is CN1CCN(c2nc3c(c(=O)[nH]2)CCN(Cc2cn[nH]c2-c2ccccc2)CC3)CC1. The number of benzene rings is 1. The van der Waals surface area contributed by atoms with Gasteiger partial charge in [0.1, 0.15) is 0 Å². The Balaban J connectivity index is 1.31. The van der Waals surface area contributed by atoms with E-state index in [-0.39, 0.29) is 5.56 Å². The molecular formula is C23H29N7O. The molecule has 1 saturated heterocycles. The number of fused-ring (bicyclic) bond motifs is 1. The number of hydrogen-bond acceptors (Lipinski definition) is 6. The molecule has 0 atom stereocenters. The summed E-state index contributed by atoms with van der Waals surface area (Å²) in [5.41, 5.74) is 5.21. The largest absolute Gasteiger partial charge is 0.340 e. The van der Waals surface area contributed by atoms with Gasteiger partial charge in [0, 0.05) is 63.4 Å². The monoisotopic (exact) mass is 419 g/mol. The third kappa shape index (κ3) is 4.26. The quantitative estimate of drug-likeness (QED) is 0.667. The summed E-state index contributed by atoms with van der Waals surface area (Å²) in [5, 5.41) is 7.43. The molecule has 4 heterocycles. The van der Waals surface area contributed by atoms with E-state index < -0.39 is 0 Å². The first-order valence-electron chi connectivity index (χ1n) is 11.0. The Labute approximate surface area is 181 Å². The third-order valence-electron chi connectivity index (χ3n) is 6.41. The van der Waals surface area contributed by atoms with Crippen molar-refractivity contribution in [1.82, 2.24) is 30.0 Å². The van der Waals surface area contributed by atoms with Crippen molar-refractivity contribution in [2.24, 2.45) is 0 Å². The number of aromatic amines is 2. The molecule has 0 unspecified atom stereocenters. The summed E-state index contributed by atoms with van der Waals surface area (Å²) in [6, 6.07) is 10.3. The average Bonchev–Trinajstić information content (AvgIpc) is 3.15. The van der Waals surface area contributed by atoms with Gasteiger partial charge in [-0.2, -0.15) is 5.10 Å². The van der Waals surface area contributed by atoms with Crippen LogP contribution < -0.4 is 10.5 Å². The average molecular weight is 420 g/mol. The molecule has 0 aliphatic carbocycles. The van der Waals surface area contributed by atoms with Crippen molar-refractivity contribution in [3.63, 3.8) is 0 Å². The Morgan fingerprint density at radius 3 is 2.58 bits per heavy atom. The van der Waals surface area contributed by atoms with Crippen LogP contribution in [0.4, 0.5) is 5.95 Å². The molecule has 0 amide bonds. The Morgan fingerprint density at radius 2 is 1.77 bits per heavy atom. The van der Waals surface area contributed by atoms with Crippen LogP contribution >= 0.6 is 0 Å². The molecule has 0 spiro atoms. The molecule has 1 aromatic carbocycles. The van der Waals surface area contributed by atoms with Gasteiger partial charge < -0.3 is 9.80 Å². The number of anilines is 1. The Kier molecular flexibility index (Phi) is 5.57.